The van der Waals surface area contributed by atoms with Crippen molar-refractivity contribution in [3.8, 4) is 11.5 Å². The van der Waals surface area contributed by atoms with Crippen LogP contribution < -0.4 is 15.2 Å². The van der Waals surface area contributed by atoms with E-state index in [9.17, 15) is 4.79 Å². The molecule has 0 spiro atoms. The quantitative estimate of drug-likeness (QED) is 0.815. The van der Waals surface area contributed by atoms with E-state index >= 15 is 0 Å². The zero-order chi connectivity index (χ0) is 16.8. The van der Waals surface area contributed by atoms with Gasteiger partial charge in [-0.25, -0.2) is 0 Å². The van der Waals surface area contributed by atoms with E-state index in [0.717, 1.165) is 24.8 Å². The Bertz CT molecular complexity index is 539. The molecule has 0 heterocycles. The van der Waals surface area contributed by atoms with Crippen molar-refractivity contribution < 1.29 is 14.3 Å². The van der Waals surface area contributed by atoms with E-state index in [4.69, 9.17) is 15.2 Å². The fourth-order valence-electron chi connectivity index (χ4n) is 3.25. The van der Waals surface area contributed by atoms with Gasteiger partial charge >= 0.3 is 0 Å². The lowest BCUT2D eigenvalue weighted by atomic mass is 9.99. The van der Waals surface area contributed by atoms with Crippen LogP contribution in [-0.4, -0.2) is 37.6 Å². The monoisotopic (exact) mass is 356 g/mol. The van der Waals surface area contributed by atoms with E-state index in [0.29, 0.717) is 36.9 Å². The molecular formula is C18H29ClN2O3. The van der Waals surface area contributed by atoms with E-state index in [1.165, 1.54) is 0 Å². The summed E-state index contributed by atoms with van der Waals surface area (Å²) in [7, 11) is 3.23. The Morgan fingerprint density at radius 3 is 2.50 bits per heavy atom. The first-order valence-corrected chi connectivity index (χ1v) is 8.33. The Balaban J connectivity index is 0.00000288. The molecule has 1 aromatic carbocycles. The van der Waals surface area contributed by atoms with Gasteiger partial charge in [0.05, 0.1) is 14.2 Å². The fraction of sp³-hybridized carbons (Fsp3) is 0.611. The Kier molecular flexibility index (Phi) is 8.36. The Hall–Kier alpha value is -1.46. The number of carbonyl (C=O) groups is 1. The second-order valence-electron chi connectivity index (χ2n) is 6.16. The number of carbonyl (C=O) groups excluding carboxylic acids is 1. The molecule has 1 aliphatic carbocycles. The molecule has 0 unspecified atom stereocenters. The Morgan fingerprint density at radius 2 is 1.96 bits per heavy atom. The number of hydrogen-bond donors (Lipinski definition) is 1. The van der Waals surface area contributed by atoms with Crippen LogP contribution in [0.4, 0.5) is 0 Å². The number of ether oxygens (including phenoxy) is 2. The largest absolute Gasteiger partial charge is 0.493 e. The summed E-state index contributed by atoms with van der Waals surface area (Å²) in [5.41, 5.74) is 7.13. The summed E-state index contributed by atoms with van der Waals surface area (Å²) in [6.45, 7) is 3.28. The summed E-state index contributed by atoms with van der Waals surface area (Å²) in [4.78, 5) is 14.5. The minimum absolute atomic E-state index is 0. The number of benzene rings is 1. The van der Waals surface area contributed by atoms with Crippen molar-refractivity contribution in [1.29, 1.82) is 0 Å². The number of methoxy groups -OCH3 is 2. The molecule has 1 fully saturated rings. The van der Waals surface area contributed by atoms with Crippen molar-refractivity contribution in [2.45, 2.75) is 45.2 Å². The van der Waals surface area contributed by atoms with Gasteiger partial charge in [-0.1, -0.05) is 12.5 Å². The van der Waals surface area contributed by atoms with Crippen LogP contribution in [0.1, 0.15) is 38.2 Å². The molecule has 0 saturated heterocycles. The molecule has 136 valence electrons. The fourth-order valence-corrected chi connectivity index (χ4v) is 3.25. The maximum Gasteiger partial charge on any atom is 0.223 e. The first-order valence-electron chi connectivity index (χ1n) is 8.33. The van der Waals surface area contributed by atoms with Crippen LogP contribution in [0, 0.1) is 5.92 Å². The Morgan fingerprint density at radius 1 is 1.25 bits per heavy atom. The van der Waals surface area contributed by atoms with Crippen LogP contribution in [0.25, 0.3) is 0 Å². The van der Waals surface area contributed by atoms with E-state index in [2.05, 4.69) is 0 Å². The van der Waals surface area contributed by atoms with E-state index in [-0.39, 0.29) is 24.4 Å². The van der Waals surface area contributed by atoms with Crippen LogP contribution in [0.2, 0.25) is 0 Å². The zero-order valence-electron chi connectivity index (χ0n) is 14.8. The molecule has 0 aliphatic heterocycles. The van der Waals surface area contributed by atoms with Gasteiger partial charge in [0, 0.05) is 25.6 Å². The lowest BCUT2D eigenvalue weighted by Crippen LogP contribution is -2.34. The number of amides is 1. The highest BCUT2D eigenvalue weighted by Gasteiger charge is 2.27. The van der Waals surface area contributed by atoms with Crippen LogP contribution in [0.3, 0.4) is 0 Å². The molecule has 1 aromatic rings. The smallest absolute Gasteiger partial charge is 0.223 e. The van der Waals surface area contributed by atoms with Gasteiger partial charge < -0.3 is 20.1 Å². The molecule has 0 bridgehead atoms. The summed E-state index contributed by atoms with van der Waals surface area (Å²) < 4.78 is 10.6. The molecule has 2 atom stereocenters. The Labute approximate surface area is 150 Å². The number of rotatable bonds is 7. The van der Waals surface area contributed by atoms with Gasteiger partial charge in [-0.2, -0.15) is 0 Å². The second-order valence-corrected chi connectivity index (χ2v) is 6.16. The maximum atomic E-state index is 12.6. The minimum Gasteiger partial charge on any atom is -0.493 e. The van der Waals surface area contributed by atoms with E-state index in [1.807, 2.05) is 30.0 Å². The van der Waals surface area contributed by atoms with Gasteiger partial charge in [-0.3, -0.25) is 4.79 Å². The molecule has 5 nitrogen and oxygen atoms in total. The third-order valence-corrected chi connectivity index (χ3v) is 4.71. The lowest BCUT2D eigenvalue weighted by Gasteiger charge is -2.24. The highest BCUT2D eigenvalue weighted by atomic mass is 35.5. The highest BCUT2D eigenvalue weighted by Crippen LogP contribution is 2.29. The number of nitrogens with zero attached hydrogens (tertiary/aromatic N) is 1. The summed E-state index contributed by atoms with van der Waals surface area (Å²) in [6.07, 6.45) is 3.81. The predicted octanol–water partition coefficient (Wildman–Crippen LogP) is 2.99. The minimum atomic E-state index is 0. The van der Waals surface area contributed by atoms with Crippen molar-refractivity contribution in [3.05, 3.63) is 23.8 Å². The first kappa shape index (κ1) is 20.6. The van der Waals surface area contributed by atoms with Gasteiger partial charge in [0.1, 0.15) is 0 Å². The first-order chi connectivity index (χ1) is 11.1. The van der Waals surface area contributed by atoms with Crippen molar-refractivity contribution in [2.24, 2.45) is 11.7 Å². The molecule has 0 aromatic heterocycles. The van der Waals surface area contributed by atoms with Crippen LogP contribution >= 0.6 is 12.4 Å². The van der Waals surface area contributed by atoms with Gasteiger partial charge in [-0.15, -0.1) is 12.4 Å². The van der Waals surface area contributed by atoms with Gasteiger partial charge in [0.2, 0.25) is 5.91 Å². The molecule has 1 aliphatic rings. The third kappa shape index (κ3) is 5.02. The molecule has 1 amide bonds. The molecular weight excluding hydrogens is 328 g/mol. The van der Waals surface area contributed by atoms with Gasteiger partial charge in [0.25, 0.3) is 0 Å². The van der Waals surface area contributed by atoms with E-state index in [1.54, 1.807) is 14.2 Å². The van der Waals surface area contributed by atoms with Crippen molar-refractivity contribution >= 4 is 18.3 Å². The summed E-state index contributed by atoms with van der Waals surface area (Å²) >= 11 is 0. The SMILES string of the molecule is CCN(Cc1ccc(OC)c(OC)c1)C(=O)C[C@@H]1CCC[C@H]1N.Cl. The van der Waals surface area contributed by atoms with Crippen LogP contribution in [0.5, 0.6) is 11.5 Å². The zero-order valence-corrected chi connectivity index (χ0v) is 15.6. The second kappa shape index (κ2) is 9.74. The number of nitrogens with two attached hydrogens (primary N) is 1. The molecule has 0 radical (unpaired) electrons. The maximum absolute atomic E-state index is 12.6. The third-order valence-electron chi connectivity index (χ3n) is 4.71. The number of halogens is 1. The lowest BCUT2D eigenvalue weighted by molar-refractivity contribution is -0.132. The van der Waals surface area contributed by atoms with Crippen LogP contribution in [-0.2, 0) is 11.3 Å². The molecule has 2 rings (SSSR count). The average Bonchev–Trinajstić information content (AvgIpc) is 2.97. The summed E-state index contributed by atoms with van der Waals surface area (Å²) in [6, 6.07) is 5.95. The van der Waals surface area contributed by atoms with Crippen molar-refractivity contribution in [3.63, 3.8) is 0 Å². The normalized spacial score (nSPS) is 19.5. The number of hydrogen-bond acceptors (Lipinski definition) is 4. The van der Waals surface area contributed by atoms with Gasteiger partial charge in [0.15, 0.2) is 11.5 Å². The van der Waals surface area contributed by atoms with Crippen molar-refractivity contribution in [1.82, 2.24) is 4.90 Å². The van der Waals surface area contributed by atoms with Gasteiger partial charge in [-0.05, 0) is 43.4 Å². The predicted molar refractivity (Wildman–Crippen MR) is 97.8 cm³/mol. The topological polar surface area (TPSA) is 64.8 Å². The van der Waals surface area contributed by atoms with E-state index < -0.39 is 0 Å². The standard InChI is InChI=1S/C18H28N2O3.ClH/c1-4-20(18(21)11-14-6-5-7-15(14)19)12-13-8-9-16(22-2)17(10-13)23-3;/h8-10,14-15H,4-7,11-12,19H2,1-3H3;1H/t14-,15+;/m0./s1. The molecule has 1 saturated carbocycles. The highest BCUT2D eigenvalue weighted by molar-refractivity contribution is 5.85. The molecule has 24 heavy (non-hydrogen) atoms. The van der Waals surface area contributed by atoms with Crippen molar-refractivity contribution in [2.75, 3.05) is 20.8 Å². The molecule has 6 heteroatoms. The summed E-state index contributed by atoms with van der Waals surface area (Å²) in [5.74, 6) is 1.90. The molecule has 2 N–H and O–H groups in total. The average molecular weight is 357 g/mol. The van der Waals surface area contributed by atoms with Crippen LogP contribution in [0.15, 0.2) is 18.2 Å². The summed E-state index contributed by atoms with van der Waals surface area (Å²) in [5, 5.41) is 0.